The van der Waals surface area contributed by atoms with Gasteiger partial charge in [-0.05, 0) is 18.4 Å². The molecule has 0 aliphatic carbocycles. The summed E-state index contributed by atoms with van der Waals surface area (Å²) in [7, 11) is 0. The van der Waals surface area contributed by atoms with E-state index in [1.807, 2.05) is 6.92 Å². The van der Waals surface area contributed by atoms with E-state index < -0.39 is 5.82 Å². The van der Waals surface area contributed by atoms with Crippen molar-refractivity contribution in [3.05, 3.63) is 23.1 Å². The average molecular weight is 247 g/mol. The van der Waals surface area contributed by atoms with Gasteiger partial charge in [0.25, 0.3) is 0 Å². The minimum atomic E-state index is -0.452. The summed E-state index contributed by atoms with van der Waals surface area (Å²) in [6, 6.07) is 1.23. The van der Waals surface area contributed by atoms with Gasteiger partial charge >= 0.3 is 0 Å². The summed E-state index contributed by atoms with van der Waals surface area (Å²) in [6.07, 6.45) is 3.04. The fourth-order valence-electron chi connectivity index (χ4n) is 1.42. The van der Waals surface area contributed by atoms with E-state index in [4.69, 9.17) is 16.7 Å². The number of halogens is 2. The van der Waals surface area contributed by atoms with Crippen LogP contribution in [0.4, 0.5) is 10.2 Å². The third kappa shape index (κ3) is 3.94. The molecule has 90 valence electrons. The van der Waals surface area contributed by atoms with Gasteiger partial charge in [-0.2, -0.15) is 0 Å². The lowest BCUT2D eigenvalue weighted by molar-refractivity contribution is 0.258. The molecule has 1 rings (SSSR count). The van der Waals surface area contributed by atoms with Crippen LogP contribution in [0.3, 0.4) is 0 Å². The minimum Gasteiger partial charge on any atom is -0.396 e. The Balaban J connectivity index is 2.53. The Morgan fingerprint density at radius 2 is 2.38 bits per heavy atom. The number of hydrogen-bond acceptors (Lipinski definition) is 3. The molecular formula is C11H16ClFN2O. The molecule has 0 fully saturated rings. The monoisotopic (exact) mass is 246 g/mol. The smallest absolute Gasteiger partial charge is 0.166 e. The Kier molecular flexibility index (Phi) is 5.49. The Morgan fingerprint density at radius 1 is 1.62 bits per heavy atom. The SMILES string of the molecule is CCC(CCO)CNc1ncc(Cl)cc1F. The third-order valence-corrected chi connectivity index (χ3v) is 2.69. The van der Waals surface area contributed by atoms with Crippen LogP contribution in [0.25, 0.3) is 0 Å². The first-order chi connectivity index (χ1) is 7.67. The van der Waals surface area contributed by atoms with Crippen molar-refractivity contribution in [1.29, 1.82) is 0 Å². The highest BCUT2D eigenvalue weighted by molar-refractivity contribution is 6.30. The molecule has 1 aromatic heterocycles. The van der Waals surface area contributed by atoms with Crippen molar-refractivity contribution in [3.63, 3.8) is 0 Å². The fourth-order valence-corrected chi connectivity index (χ4v) is 1.56. The van der Waals surface area contributed by atoms with Gasteiger partial charge in [0.05, 0.1) is 5.02 Å². The van der Waals surface area contributed by atoms with Crippen LogP contribution in [0.5, 0.6) is 0 Å². The summed E-state index contributed by atoms with van der Waals surface area (Å²) in [5.74, 6) is 0.0778. The largest absolute Gasteiger partial charge is 0.396 e. The van der Waals surface area contributed by atoms with E-state index >= 15 is 0 Å². The molecule has 1 atom stereocenters. The van der Waals surface area contributed by atoms with Gasteiger partial charge in [-0.1, -0.05) is 24.9 Å². The highest BCUT2D eigenvalue weighted by atomic mass is 35.5. The van der Waals surface area contributed by atoms with E-state index in [0.29, 0.717) is 18.9 Å². The van der Waals surface area contributed by atoms with Gasteiger partial charge in [-0.25, -0.2) is 9.37 Å². The highest BCUT2D eigenvalue weighted by Crippen LogP contribution is 2.16. The maximum atomic E-state index is 13.3. The van der Waals surface area contributed by atoms with E-state index in [0.717, 1.165) is 6.42 Å². The summed E-state index contributed by atoms with van der Waals surface area (Å²) in [5.41, 5.74) is 0. The molecular weight excluding hydrogens is 231 g/mol. The molecule has 0 saturated heterocycles. The minimum absolute atomic E-state index is 0.150. The lowest BCUT2D eigenvalue weighted by atomic mass is 10.0. The predicted octanol–water partition coefficient (Wildman–Crippen LogP) is 2.69. The molecule has 0 saturated carbocycles. The quantitative estimate of drug-likeness (QED) is 0.811. The molecule has 0 amide bonds. The number of aromatic nitrogens is 1. The summed E-state index contributed by atoms with van der Waals surface area (Å²) in [6.45, 7) is 2.78. The summed E-state index contributed by atoms with van der Waals surface area (Å²) in [5, 5.41) is 12.0. The first-order valence-corrected chi connectivity index (χ1v) is 5.71. The van der Waals surface area contributed by atoms with Gasteiger partial charge in [-0.3, -0.25) is 0 Å². The molecule has 0 bridgehead atoms. The van der Waals surface area contributed by atoms with Crippen LogP contribution in [0, 0.1) is 11.7 Å². The fraction of sp³-hybridized carbons (Fsp3) is 0.545. The topological polar surface area (TPSA) is 45.1 Å². The Labute approximate surface area is 99.7 Å². The molecule has 3 nitrogen and oxygen atoms in total. The highest BCUT2D eigenvalue weighted by Gasteiger charge is 2.08. The van der Waals surface area contributed by atoms with E-state index in [2.05, 4.69) is 10.3 Å². The van der Waals surface area contributed by atoms with E-state index in [1.165, 1.54) is 12.3 Å². The normalized spacial score (nSPS) is 12.5. The molecule has 0 aliphatic heterocycles. The number of rotatable bonds is 6. The van der Waals surface area contributed by atoms with Crippen molar-refractivity contribution in [2.24, 2.45) is 5.92 Å². The van der Waals surface area contributed by atoms with Crippen LogP contribution in [0.2, 0.25) is 5.02 Å². The molecule has 2 N–H and O–H groups in total. The number of nitrogens with zero attached hydrogens (tertiary/aromatic N) is 1. The molecule has 1 heterocycles. The van der Waals surface area contributed by atoms with Gasteiger partial charge < -0.3 is 10.4 Å². The maximum Gasteiger partial charge on any atom is 0.166 e. The zero-order valence-electron chi connectivity index (χ0n) is 9.21. The van der Waals surface area contributed by atoms with Crippen molar-refractivity contribution in [1.82, 2.24) is 4.98 Å². The van der Waals surface area contributed by atoms with Gasteiger partial charge in [-0.15, -0.1) is 0 Å². The molecule has 16 heavy (non-hydrogen) atoms. The molecule has 0 radical (unpaired) electrons. The Hall–Kier alpha value is -0.870. The van der Waals surface area contributed by atoms with Crippen LogP contribution >= 0.6 is 11.6 Å². The van der Waals surface area contributed by atoms with Gasteiger partial charge in [0.1, 0.15) is 0 Å². The van der Waals surface area contributed by atoms with Crippen molar-refractivity contribution >= 4 is 17.4 Å². The van der Waals surface area contributed by atoms with Crippen LogP contribution in [0.1, 0.15) is 19.8 Å². The second kappa shape index (κ2) is 6.66. The van der Waals surface area contributed by atoms with Crippen LogP contribution in [-0.2, 0) is 0 Å². The molecule has 1 aromatic rings. The number of nitrogens with one attached hydrogen (secondary N) is 1. The lowest BCUT2D eigenvalue weighted by Gasteiger charge is -2.14. The number of aliphatic hydroxyl groups excluding tert-OH is 1. The number of anilines is 1. The Bertz CT molecular complexity index is 336. The Morgan fingerprint density at radius 3 is 2.94 bits per heavy atom. The van der Waals surface area contributed by atoms with Crippen LogP contribution in [0.15, 0.2) is 12.3 Å². The van der Waals surface area contributed by atoms with Crippen molar-refractivity contribution in [2.75, 3.05) is 18.5 Å². The number of hydrogen-bond donors (Lipinski definition) is 2. The van der Waals surface area contributed by atoms with E-state index in [-0.39, 0.29) is 17.4 Å². The standard InChI is InChI=1S/C11H16ClFN2O/c1-2-8(3-4-16)6-14-11-10(13)5-9(12)7-15-11/h5,7-8,16H,2-4,6H2,1H3,(H,14,15). The van der Waals surface area contributed by atoms with Crippen LogP contribution in [-0.4, -0.2) is 23.2 Å². The second-order valence-corrected chi connectivity index (χ2v) is 4.09. The van der Waals surface area contributed by atoms with Gasteiger partial charge in [0, 0.05) is 19.3 Å². The van der Waals surface area contributed by atoms with Crippen LogP contribution < -0.4 is 5.32 Å². The summed E-state index contributed by atoms with van der Waals surface area (Å²) in [4.78, 5) is 3.86. The third-order valence-electron chi connectivity index (χ3n) is 2.48. The zero-order valence-corrected chi connectivity index (χ0v) is 9.97. The van der Waals surface area contributed by atoms with Gasteiger partial charge in [0.15, 0.2) is 11.6 Å². The summed E-state index contributed by atoms with van der Waals surface area (Å²) < 4.78 is 13.3. The summed E-state index contributed by atoms with van der Waals surface area (Å²) >= 11 is 5.59. The average Bonchev–Trinajstić information content (AvgIpc) is 2.26. The first-order valence-electron chi connectivity index (χ1n) is 5.33. The second-order valence-electron chi connectivity index (χ2n) is 3.65. The van der Waals surface area contributed by atoms with E-state index in [1.54, 1.807) is 0 Å². The zero-order chi connectivity index (χ0) is 12.0. The lowest BCUT2D eigenvalue weighted by Crippen LogP contribution is -2.16. The molecule has 0 spiro atoms. The van der Waals surface area contributed by atoms with E-state index in [9.17, 15) is 4.39 Å². The van der Waals surface area contributed by atoms with Crippen molar-refractivity contribution < 1.29 is 9.50 Å². The van der Waals surface area contributed by atoms with Crippen molar-refractivity contribution in [3.8, 4) is 0 Å². The number of pyridine rings is 1. The molecule has 0 aromatic carbocycles. The number of aliphatic hydroxyl groups is 1. The molecule has 1 unspecified atom stereocenters. The molecule has 0 aliphatic rings. The maximum absolute atomic E-state index is 13.3. The predicted molar refractivity (Wildman–Crippen MR) is 63.2 cm³/mol. The first kappa shape index (κ1) is 13.2. The molecule has 5 heteroatoms. The van der Waals surface area contributed by atoms with Crippen molar-refractivity contribution in [2.45, 2.75) is 19.8 Å². The van der Waals surface area contributed by atoms with Gasteiger partial charge in [0.2, 0.25) is 0 Å².